The van der Waals surface area contributed by atoms with E-state index in [9.17, 15) is 0 Å². The summed E-state index contributed by atoms with van der Waals surface area (Å²) in [6.07, 6.45) is 12.8. The molecule has 0 bridgehead atoms. The SMILES string of the molecule is Nc1nc2c3ccccc3nc(C(C3=CC=CCC3)C3=COC=CO3)n2n1. The minimum Gasteiger partial charge on any atom is -0.466 e. The molecule has 7 heteroatoms. The van der Waals surface area contributed by atoms with E-state index in [1.54, 1.807) is 10.8 Å². The van der Waals surface area contributed by atoms with E-state index in [1.165, 1.54) is 18.1 Å². The Morgan fingerprint density at radius 1 is 1.15 bits per heavy atom. The number of nitrogens with two attached hydrogens (primary N) is 1. The van der Waals surface area contributed by atoms with Gasteiger partial charge in [0.25, 0.3) is 0 Å². The zero-order valence-corrected chi connectivity index (χ0v) is 14.4. The lowest BCUT2D eigenvalue weighted by molar-refractivity contribution is 0.239. The minimum absolute atomic E-state index is 0.209. The predicted molar refractivity (Wildman–Crippen MR) is 101 cm³/mol. The number of ether oxygens (including phenoxy) is 2. The second-order valence-corrected chi connectivity index (χ2v) is 6.38. The van der Waals surface area contributed by atoms with Crippen LogP contribution >= 0.6 is 0 Å². The minimum atomic E-state index is -0.256. The molecule has 0 fully saturated rings. The molecule has 2 aliphatic rings. The number of para-hydroxylation sites is 1. The third-order valence-corrected chi connectivity index (χ3v) is 4.70. The second-order valence-electron chi connectivity index (χ2n) is 6.38. The largest absolute Gasteiger partial charge is 0.466 e. The Balaban J connectivity index is 1.79. The van der Waals surface area contributed by atoms with Crippen molar-refractivity contribution in [1.29, 1.82) is 0 Å². The van der Waals surface area contributed by atoms with E-state index >= 15 is 0 Å². The Kier molecular flexibility index (Phi) is 3.64. The number of rotatable bonds is 3. The molecule has 3 aromatic rings. The quantitative estimate of drug-likeness (QED) is 0.769. The topological polar surface area (TPSA) is 87.6 Å². The summed E-state index contributed by atoms with van der Waals surface area (Å²) >= 11 is 0. The molecule has 5 rings (SSSR count). The van der Waals surface area contributed by atoms with Crippen LogP contribution in [0.3, 0.4) is 0 Å². The van der Waals surface area contributed by atoms with Crippen LogP contribution in [-0.2, 0) is 9.47 Å². The van der Waals surface area contributed by atoms with Crippen LogP contribution in [0.1, 0.15) is 24.6 Å². The summed E-state index contributed by atoms with van der Waals surface area (Å²) in [5, 5.41) is 5.31. The van der Waals surface area contributed by atoms with Gasteiger partial charge in [-0.2, -0.15) is 9.50 Å². The molecule has 1 aromatic carbocycles. The predicted octanol–water partition coefficient (Wildman–Crippen LogP) is 3.58. The molecule has 27 heavy (non-hydrogen) atoms. The fraction of sp³-hybridized carbons (Fsp3) is 0.150. The summed E-state index contributed by atoms with van der Waals surface area (Å²) in [6.45, 7) is 0. The van der Waals surface area contributed by atoms with Crippen molar-refractivity contribution in [3.05, 3.63) is 78.4 Å². The molecule has 1 unspecified atom stereocenters. The van der Waals surface area contributed by atoms with Crippen molar-refractivity contribution in [2.75, 3.05) is 5.73 Å². The molecule has 3 heterocycles. The number of anilines is 1. The highest BCUT2D eigenvalue weighted by Crippen LogP contribution is 2.37. The molecule has 0 radical (unpaired) electrons. The van der Waals surface area contributed by atoms with Gasteiger partial charge in [-0.15, -0.1) is 5.10 Å². The number of hydrogen-bond donors (Lipinski definition) is 1. The number of hydrogen-bond acceptors (Lipinski definition) is 6. The maximum atomic E-state index is 5.93. The van der Waals surface area contributed by atoms with Gasteiger partial charge >= 0.3 is 0 Å². The maximum Gasteiger partial charge on any atom is 0.240 e. The summed E-state index contributed by atoms with van der Waals surface area (Å²) in [4.78, 5) is 9.33. The van der Waals surface area contributed by atoms with Gasteiger partial charge in [-0.3, -0.25) is 0 Å². The molecule has 0 saturated heterocycles. The van der Waals surface area contributed by atoms with E-state index in [2.05, 4.69) is 28.3 Å². The Morgan fingerprint density at radius 2 is 2.07 bits per heavy atom. The van der Waals surface area contributed by atoms with Gasteiger partial charge in [-0.05, 0) is 25.0 Å². The molecular formula is C20H17N5O2. The highest BCUT2D eigenvalue weighted by atomic mass is 16.5. The smallest absolute Gasteiger partial charge is 0.240 e. The summed E-state index contributed by atoms with van der Waals surface area (Å²) < 4.78 is 12.9. The molecule has 7 nitrogen and oxygen atoms in total. The van der Waals surface area contributed by atoms with Gasteiger partial charge in [0.2, 0.25) is 5.95 Å². The number of benzene rings is 1. The summed E-state index contributed by atoms with van der Waals surface area (Å²) in [5.74, 6) is 1.30. The molecule has 1 aliphatic heterocycles. The fourth-order valence-corrected chi connectivity index (χ4v) is 3.53. The van der Waals surface area contributed by atoms with Crippen LogP contribution in [0.4, 0.5) is 5.95 Å². The van der Waals surface area contributed by atoms with E-state index in [0.717, 1.165) is 23.7 Å². The highest BCUT2D eigenvalue weighted by molar-refractivity contribution is 5.91. The highest BCUT2D eigenvalue weighted by Gasteiger charge is 2.30. The van der Waals surface area contributed by atoms with Crippen LogP contribution in [0, 0.1) is 0 Å². The third kappa shape index (κ3) is 2.64. The Bertz CT molecular complexity index is 1160. The van der Waals surface area contributed by atoms with Crippen molar-refractivity contribution in [3.8, 4) is 0 Å². The molecule has 134 valence electrons. The standard InChI is InChI=1S/C20H17N5O2/c21-20-23-18-14-8-4-5-9-15(14)22-19(25(18)24-20)17(13-6-2-1-3-7-13)16-12-26-10-11-27-16/h1-2,4-6,8-12,17H,3,7H2,(H2,21,24). The molecule has 0 spiro atoms. The normalized spacial score (nSPS) is 17.3. The lowest BCUT2D eigenvalue weighted by Crippen LogP contribution is -2.17. The number of allylic oxidation sites excluding steroid dienone is 4. The van der Waals surface area contributed by atoms with E-state index in [4.69, 9.17) is 20.2 Å². The van der Waals surface area contributed by atoms with Crippen LogP contribution in [-0.4, -0.2) is 19.6 Å². The number of nitrogens with zero attached hydrogens (tertiary/aromatic N) is 4. The molecule has 1 atom stereocenters. The summed E-state index contributed by atoms with van der Waals surface area (Å²) in [6, 6.07) is 7.83. The molecule has 1 aliphatic carbocycles. The average Bonchev–Trinajstić information content (AvgIpc) is 3.12. The maximum absolute atomic E-state index is 5.93. The Labute approximate surface area is 155 Å². The van der Waals surface area contributed by atoms with Crippen molar-refractivity contribution in [2.45, 2.75) is 18.8 Å². The fourth-order valence-electron chi connectivity index (χ4n) is 3.53. The van der Waals surface area contributed by atoms with Gasteiger partial charge in [0.15, 0.2) is 11.4 Å². The average molecular weight is 359 g/mol. The number of nitrogen functional groups attached to an aromatic ring is 1. The molecule has 2 aromatic heterocycles. The zero-order chi connectivity index (χ0) is 18.2. The van der Waals surface area contributed by atoms with E-state index in [1.807, 2.05) is 24.3 Å². The first kappa shape index (κ1) is 15.6. The van der Waals surface area contributed by atoms with Crippen LogP contribution in [0.15, 0.2) is 72.6 Å². The van der Waals surface area contributed by atoms with Gasteiger partial charge in [-0.25, -0.2) is 4.98 Å². The lowest BCUT2D eigenvalue weighted by atomic mass is 9.89. The Hall–Kier alpha value is -3.61. The van der Waals surface area contributed by atoms with Gasteiger partial charge in [-0.1, -0.05) is 35.9 Å². The lowest BCUT2D eigenvalue weighted by Gasteiger charge is -2.24. The van der Waals surface area contributed by atoms with Crippen LogP contribution in [0.2, 0.25) is 0 Å². The van der Waals surface area contributed by atoms with Crippen molar-refractivity contribution in [2.24, 2.45) is 0 Å². The Morgan fingerprint density at radius 3 is 2.89 bits per heavy atom. The number of fused-ring (bicyclic) bond motifs is 3. The van der Waals surface area contributed by atoms with Crippen molar-refractivity contribution >= 4 is 22.5 Å². The van der Waals surface area contributed by atoms with Gasteiger partial charge in [0.1, 0.15) is 30.5 Å². The first-order valence-corrected chi connectivity index (χ1v) is 8.75. The van der Waals surface area contributed by atoms with Crippen molar-refractivity contribution in [1.82, 2.24) is 19.6 Å². The zero-order valence-electron chi connectivity index (χ0n) is 14.4. The van der Waals surface area contributed by atoms with Crippen molar-refractivity contribution < 1.29 is 9.47 Å². The van der Waals surface area contributed by atoms with Crippen LogP contribution in [0.5, 0.6) is 0 Å². The van der Waals surface area contributed by atoms with Gasteiger partial charge in [0.05, 0.1) is 5.52 Å². The summed E-state index contributed by atoms with van der Waals surface area (Å²) in [7, 11) is 0. The van der Waals surface area contributed by atoms with Gasteiger partial charge < -0.3 is 15.2 Å². The third-order valence-electron chi connectivity index (χ3n) is 4.70. The first-order chi connectivity index (χ1) is 13.3. The second kappa shape index (κ2) is 6.28. The van der Waals surface area contributed by atoms with Gasteiger partial charge in [0, 0.05) is 5.39 Å². The molecular weight excluding hydrogens is 342 g/mol. The molecule has 2 N–H and O–H groups in total. The van der Waals surface area contributed by atoms with E-state index < -0.39 is 0 Å². The van der Waals surface area contributed by atoms with Crippen LogP contribution in [0.25, 0.3) is 16.6 Å². The monoisotopic (exact) mass is 359 g/mol. The van der Waals surface area contributed by atoms with E-state index in [0.29, 0.717) is 17.2 Å². The van der Waals surface area contributed by atoms with E-state index in [-0.39, 0.29) is 11.9 Å². The van der Waals surface area contributed by atoms with Crippen molar-refractivity contribution in [3.63, 3.8) is 0 Å². The summed E-state index contributed by atoms with van der Waals surface area (Å²) in [5.41, 5.74) is 8.61. The molecule has 0 saturated carbocycles. The first-order valence-electron chi connectivity index (χ1n) is 8.75. The number of aromatic nitrogens is 4. The molecule has 0 amide bonds. The van der Waals surface area contributed by atoms with Crippen LogP contribution < -0.4 is 5.73 Å².